The van der Waals surface area contributed by atoms with Gasteiger partial charge in [-0.25, -0.2) is 4.90 Å². The average Bonchev–Trinajstić information content (AvgIpc) is 3.32. The summed E-state index contributed by atoms with van der Waals surface area (Å²) in [5.41, 5.74) is 1.15. The van der Waals surface area contributed by atoms with E-state index in [0.717, 1.165) is 16.0 Å². The third-order valence-electron chi connectivity index (χ3n) is 6.87. The molecule has 2 aliphatic heterocycles. The van der Waals surface area contributed by atoms with Crippen molar-refractivity contribution in [3.8, 4) is 6.07 Å². The maximum absolute atomic E-state index is 13.8. The monoisotopic (exact) mass is 447 g/mol. The second-order valence-electron chi connectivity index (χ2n) is 8.44. The van der Waals surface area contributed by atoms with Gasteiger partial charge in [0.25, 0.3) is 0 Å². The summed E-state index contributed by atoms with van der Waals surface area (Å²) in [5.74, 6) is -4.79. The molecule has 2 aromatic carbocycles. The van der Waals surface area contributed by atoms with Crippen LogP contribution >= 0.6 is 0 Å². The zero-order valence-corrected chi connectivity index (χ0v) is 18.4. The molecule has 3 N–H and O–H groups in total. The molecule has 2 aromatic rings. The number of para-hydroxylation sites is 1. The summed E-state index contributed by atoms with van der Waals surface area (Å²) in [5, 5.41) is 32.2. The van der Waals surface area contributed by atoms with E-state index < -0.39 is 47.8 Å². The van der Waals surface area contributed by atoms with Crippen LogP contribution in [0.15, 0.2) is 42.5 Å². The Bertz CT molecular complexity index is 1150. The van der Waals surface area contributed by atoms with E-state index in [1.54, 1.807) is 24.3 Å². The lowest BCUT2D eigenvalue weighted by Crippen LogP contribution is -2.58. The molecule has 8 heteroatoms. The fourth-order valence-electron chi connectivity index (χ4n) is 5.19. The molecule has 4 atom stereocenters. The van der Waals surface area contributed by atoms with Gasteiger partial charge in [0.1, 0.15) is 0 Å². The number of nitrogens with zero attached hydrogens (tertiary/aromatic N) is 2. The van der Waals surface area contributed by atoms with Gasteiger partial charge < -0.3 is 10.2 Å². The summed E-state index contributed by atoms with van der Waals surface area (Å²) in [6, 6.07) is 13.2. The van der Waals surface area contributed by atoms with Crippen LogP contribution in [-0.4, -0.2) is 40.1 Å². The molecule has 8 nitrogen and oxygen atoms in total. The first-order chi connectivity index (χ1) is 15.8. The number of nitriles is 1. The van der Waals surface area contributed by atoms with Crippen molar-refractivity contribution >= 4 is 23.5 Å². The highest BCUT2D eigenvalue weighted by Crippen LogP contribution is 2.50. The average molecular weight is 447 g/mol. The van der Waals surface area contributed by atoms with Crippen molar-refractivity contribution in [2.45, 2.75) is 38.3 Å². The molecule has 0 aromatic heterocycles. The van der Waals surface area contributed by atoms with E-state index in [1.165, 1.54) is 0 Å². The number of aryl methyl sites for hydroxylation is 2. The van der Waals surface area contributed by atoms with Crippen LogP contribution < -0.4 is 10.2 Å². The molecule has 0 aliphatic carbocycles. The van der Waals surface area contributed by atoms with Gasteiger partial charge in [-0.1, -0.05) is 44.2 Å². The summed E-state index contributed by atoms with van der Waals surface area (Å²) in [7, 11) is 0. The van der Waals surface area contributed by atoms with Crippen molar-refractivity contribution in [3.63, 3.8) is 0 Å². The van der Waals surface area contributed by atoms with Crippen molar-refractivity contribution in [3.05, 3.63) is 64.7 Å². The molecule has 4 unspecified atom stereocenters. The van der Waals surface area contributed by atoms with Gasteiger partial charge in [0.2, 0.25) is 11.8 Å². The molecule has 2 aliphatic rings. The number of hydrogen-bond donors (Lipinski definition) is 3. The number of hydrogen-bond acceptors (Lipinski definition) is 6. The molecule has 2 heterocycles. The van der Waals surface area contributed by atoms with Crippen LogP contribution in [0.4, 0.5) is 5.69 Å². The van der Waals surface area contributed by atoms with Crippen LogP contribution in [0.25, 0.3) is 0 Å². The zero-order chi connectivity index (χ0) is 23.9. The number of fused-ring (bicyclic) bond motifs is 1. The smallest absolute Gasteiger partial charge is 0.327 e. The largest absolute Gasteiger partial charge is 0.480 e. The molecular formula is C25H25N3O5. The van der Waals surface area contributed by atoms with Crippen molar-refractivity contribution in [2.24, 2.45) is 11.8 Å². The van der Waals surface area contributed by atoms with E-state index in [1.807, 2.05) is 38.1 Å². The number of amides is 2. The number of carbonyl (C=O) groups excluding carboxylic acids is 2. The lowest BCUT2D eigenvalue weighted by molar-refractivity contribution is -0.150. The highest BCUT2D eigenvalue weighted by atomic mass is 16.4. The van der Waals surface area contributed by atoms with Crippen LogP contribution in [0.2, 0.25) is 0 Å². The number of aliphatic hydroxyl groups is 1. The number of imide groups is 1. The molecule has 4 rings (SSSR count). The Hall–Kier alpha value is -3.54. The number of anilines is 1. The van der Waals surface area contributed by atoms with Crippen molar-refractivity contribution in [1.29, 1.82) is 5.26 Å². The standard InChI is InChI=1S/C25H25N3O5/c1-3-15-6-5-7-16(4-2)21(15)28-22(30)18-19(23(28)31)25(13-29,24(32)33)27-20(18)17-10-8-14(12-26)9-11-17/h5-11,18-20,27,29H,3-4,13H2,1-2H3,(H,32,33). The van der Waals surface area contributed by atoms with Gasteiger partial charge in [0.15, 0.2) is 5.54 Å². The Balaban J connectivity index is 1.89. The number of aliphatic carboxylic acids is 1. The van der Waals surface area contributed by atoms with Crippen LogP contribution in [0.1, 0.15) is 42.1 Å². The lowest BCUT2D eigenvalue weighted by Gasteiger charge is -2.30. The number of carboxylic acid groups (broad SMARTS) is 1. The van der Waals surface area contributed by atoms with E-state index in [0.29, 0.717) is 29.7 Å². The van der Waals surface area contributed by atoms with E-state index >= 15 is 0 Å². The number of carbonyl (C=O) groups is 3. The Kier molecular flexibility index (Phi) is 5.78. The summed E-state index contributed by atoms with van der Waals surface area (Å²) < 4.78 is 0. The van der Waals surface area contributed by atoms with Gasteiger partial charge >= 0.3 is 5.97 Å². The third kappa shape index (κ3) is 3.24. The van der Waals surface area contributed by atoms with E-state index in [-0.39, 0.29) is 0 Å². The Labute approximate surface area is 191 Å². The first kappa shape index (κ1) is 22.6. The predicted molar refractivity (Wildman–Crippen MR) is 119 cm³/mol. The Morgan fingerprint density at radius 1 is 1.09 bits per heavy atom. The molecule has 33 heavy (non-hydrogen) atoms. The second kappa shape index (κ2) is 8.43. The first-order valence-electron chi connectivity index (χ1n) is 10.9. The van der Waals surface area contributed by atoms with Crippen molar-refractivity contribution in [1.82, 2.24) is 5.32 Å². The van der Waals surface area contributed by atoms with Crippen LogP contribution in [0.3, 0.4) is 0 Å². The maximum atomic E-state index is 13.8. The SMILES string of the molecule is CCc1cccc(CC)c1N1C(=O)C2C(c3ccc(C#N)cc3)NC(CO)(C(=O)O)C2C1=O. The van der Waals surface area contributed by atoms with Gasteiger partial charge in [-0.2, -0.15) is 5.26 Å². The molecule has 2 amide bonds. The van der Waals surface area contributed by atoms with Gasteiger partial charge in [-0.3, -0.25) is 19.7 Å². The van der Waals surface area contributed by atoms with E-state index in [4.69, 9.17) is 5.26 Å². The summed E-state index contributed by atoms with van der Waals surface area (Å²) >= 11 is 0. The van der Waals surface area contributed by atoms with Gasteiger partial charge in [0, 0.05) is 6.04 Å². The minimum atomic E-state index is -2.00. The third-order valence-corrected chi connectivity index (χ3v) is 6.87. The number of nitrogens with one attached hydrogen (secondary N) is 1. The minimum Gasteiger partial charge on any atom is -0.480 e. The number of benzene rings is 2. The molecular weight excluding hydrogens is 422 g/mol. The Morgan fingerprint density at radius 2 is 1.70 bits per heavy atom. The van der Waals surface area contributed by atoms with Gasteiger partial charge in [0.05, 0.1) is 35.8 Å². The zero-order valence-electron chi connectivity index (χ0n) is 18.4. The Morgan fingerprint density at radius 3 is 2.18 bits per heavy atom. The molecule has 0 saturated carbocycles. The summed E-state index contributed by atoms with van der Waals surface area (Å²) in [6.07, 6.45) is 1.19. The fraction of sp³-hybridized carbons (Fsp3) is 0.360. The minimum absolute atomic E-state index is 0.417. The molecule has 0 spiro atoms. The van der Waals surface area contributed by atoms with E-state index in [2.05, 4.69) is 5.32 Å². The molecule has 2 fully saturated rings. The van der Waals surface area contributed by atoms with Crippen molar-refractivity contribution < 1.29 is 24.6 Å². The van der Waals surface area contributed by atoms with Crippen LogP contribution in [0, 0.1) is 23.2 Å². The quantitative estimate of drug-likeness (QED) is 0.577. The first-order valence-corrected chi connectivity index (χ1v) is 10.9. The highest BCUT2D eigenvalue weighted by molar-refractivity contribution is 6.25. The van der Waals surface area contributed by atoms with Crippen molar-refractivity contribution in [2.75, 3.05) is 11.5 Å². The molecule has 0 radical (unpaired) electrons. The van der Waals surface area contributed by atoms with Crippen LogP contribution in [-0.2, 0) is 27.2 Å². The van der Waals surface area contributed by atoms with Gasteiger partial charge in [-0.15, -0.1) is 0 Å². The number of aliphatic hydroxyl groups excluding tert-OH is 1. The highest BCUT2D eigenvalue weighted by Gasteiger charge is 2.68. The topological polar surface area (TPSA) is 131 Å². The maximum Gasteiger partial charge on any atom is 0.327 e. The summed E-state index contributed by atoms with van der Waals surface area (Å²) in [4.78, 5) is 41.0. The summed E-state index contributed by atoms with van der Waals surface area (Å²) in [6.45, 7) is 3.01. The molecule has 0 bridgehead atoms. The number of carboxylic acids is 1. The van der Waals surface area contributed by atoms with E-state index in [9.17, 15) is 24.6 Å². The molecule has 170 valence electrons. The molecule has 2 saturated heterocycles. The second-order valence-corrected chi connectivity index (χ2v) is 8.44. The lowest BCUT2D eigenvalue weighted by atomic mass is 9.79. The number of rotatable bonds is 6. The normalized spacial score (nSPS) is 26.4. The predicted octanol–water partition coefficient (Wildman–Crippen LogP) is 1.95. The fourth-order valence-corrected chi connectivity index (χ4v) is 5.19. The van der Waals surface area contributed by atoms with Gasteiger partial charge in [-0.05, 0) is 41.7 Å². The van der Waals surface area contributed by atoms with Crippen LogP contribution in [0.5, 0.6) is 0 Å².